The van der Waals surface area contributed by atoms with Crippen molar-refractivity contribution in [3.63, 3.8) is 0 Å². The van der Waals surface area contributed by atoms with Crippen LogP contribution in [-0.2, 0) is 4.74 Å². The molecule has 5 rings (SSSR count). The highest BCUT2D eigenvalue weighted by atomic mass is 16.5. The number of amides is 1. The zero-order chi connectivity index (χ0) is 24.9. The third-order valence-corrected chi connectivity index (χ3v) is 7.13. The summed E-state index contributed by atoms with van der Waals surface area (Å²) in [6.45, 7) is 4.26. The molecule has 0 radical (unpaired) electrons. The fraction of sp³-hybridized carbons (Fsp3) is 0.345. The van der Waals surface area contributed by atoms with E-state index >= 15 is 0 Å². The summed E-state index contributed by atoms with van der Waals surface area (Å²) in [4.78, 5) is 14.6. The van der Waals surface area contributed by atoms with E-state index in [0.717, 1.165) is 43.0 Å². The molecule has 1 saturated heterocycles. The van der Waals surface area contributed by atoms with Crippen molar-refractivity contribution in [3.05, 3.63) is 89.5 Å². The predicted octanol–water partition coefficient (Wildman–Crippen LogP) is 3.42. The van der Waals surface area contributed by atoms with Crippen molar-refractivity contribution >= 4 is 11.8 Å². The van der Waals surface area contributed by atoms with E-state index in [2.05, 4.69) is 39.8 Å². The van der Waals surface area contributed by atoms with Crippen molar-refractivity contribution in [2.45, 2.75) is 24.5 Å². The first-order chi connectivity index (χ1) is 17.6. The summed E-state index contributed by atoms with van der Waals surface area (Å²) in [5, 5.41) is 27.1. The molecule has 1 amide bonds. The topological polar surface area (TPSA) is 94.1 Å². The Morgan fingerprint density at radius 3 is 2.19 bits per heavy atom. The minimum absolute atomic E-state index is 0.000247. The van der Waals surface area contributed by atoms with E-state index in [9.17, 15) is 15.0 Å². The molecular weight excluding hydrogens is 454 g/mol. The van der Waals surface area contributed by atoms with Gasteiger partial charge in [-0.2, -0.15) is 0 Å². The highest BCUT2D eigenvalue weighted by Crippen LogP contribution is 2.44. The number of benzene rings is 3. The van der Waals surface area contributed by atoms with E-state index in [1.165, 1.54) is 11.1 Å². The number of nitrogens with one attached hydrogen (secondary N) is 2. The summed E-state index contributed by atoms with van der Waals surface area (Å²) < 4.78 is 5.53. The zero-order valence-corrected chi connectivity index (χ0v) is 20.3. The van der Waals surface area contributed by atoms with Gasteiger partial charge in [-0.3, -0.25) is 0 Å². The van der Waals surface area contributed by atoms with Crippen LogP contribution in [0.15, 0.2) is 72.8 Å². The minimum atomic E-state index is -1.02. The minimum Gasteiger partial charge on any atom is -0.449 e. The van der Waals surface area contributed by atoms with Crippen LogP contribution in [0.3, 0.4) is 0 Å². The Morgan fingerprint density at radius 2 is 1.56 bits per heavy atom. The molecule has 0 aromatic heterocycles. The van der Waals surface area contributed by atoms with E-state index in [-0.39, 0.29) is 25.5 Å². The summed E-state index contributed by atoms with van der Waals surface area (Å²) in [6, 6.07) is 24.1. The second kappa shape index (κ2) is 11.1. The Hall–Kier alpha value is -3.39. The summed E-state index contributed by atoms with van der Waals surface area (Å²) in [7, 11) is 0. The molecule has 0 spiro atoms. The molecule has 1 fully saturated rings. The maximum atomic E-state index is 12.3. The summed E-state index contributed by atoms with van der Waals surface area (Å²) in [6.07, 6.45) is -2.33. The molecular formula is C29H33N3O4. The molecule has 2 aliphatic rings. The predicted molar refractivity (Wildman–Crippen MR) is 140 cm³/mol. The number of piperazine rings is 1. The average Bonchev–Trinajstić information content (AvgIpc) is 3.25. The van der Waals surface area contributed by atoms with Gasteiger partial charge in [-0.15, -0.1) is 0 Å². The lowest BCUT2D eigenvalue weighted by Gasteiger charge is -2.29. The molecule has 3 aromatic rings. The number of rotatable bonds is 8. The average molecular weight is 488 g/mol. The van der Waals surface area contributed by atoms with Crippen molar-refractivity contribution in [3.8, 4) is 11.1 Å². The van der Waals surface area contributed by atoms with Crippen LogP contribution < -0.4 is 15.5 Å². The van der Waals surface area contributed by atoms with Crippen LogP contribution in [0.5, 0.6) is 0 Å². The Labute approximate surface area is 211 Å². The lowest BCUT2D eigenvalue weighted by molar-refractivity contribution is 0.0137. The highest BCUT2D eigenvalue weighted by molar-refractivity contribution is 5.79. The van der Waals surface area contributed by atoms with E-state index < -0.39 is 18.3 Å². The Bertz CT molecular complexity index is 1130. The number of aliphatic hydroxyl groups is 2. The summed E-state index contributed by atoms with van der Waals surface area (Å²) >= 11 is 0. The van der Waals surface area contributed by atoms with Gasteiger partial charge in [0.1, 0.15) is 12.7 Å². The van der Waals surface area contributed by atoms with Crippen LogP contribution >= 0.6 is 0 Å². The number of hydrogen-bond acceptors (Lipinski definition) is 6. The van der Waals surface area contributed by atoms with E-state index in [1.807, 2.05) is 48.5 Å². The smallest absolute Gasteiger partial charge is 0.407 e. The highest BCUT2D eigenvalue weighted by Gasteiger charge is 2.29. The molecule has 1 aliphatic heterocycles. The van der Waals surface area contributed by atoms with Gasteiger partial charge < -0.3 is 30.5 Å². The van der Waals surface area contributed by atoms with Crippen molar-refractivity contribution < 1.29 is 19.7 Å². The first kappa shape index (κ1) is 24.3. The molecule has 7 heteroatoms. The summed E-state index contributed by atoms with van der Waals surface area (Å²) in [5.74, 6) is -0.000247. The fourth-order valence-electron chi connectivity index (χ4n) is 5.16. The van der Waals surface area contributed by atoms with Crippen LogP contribution in [0.2, 0.25) is 0 Å². The number of aliphatic hydroxyl groups excluding tert-OH is 2. The van der Waals surface area contributed by atoms with Gasteiger partial charge >= 0.3 is 6.09 Å². The van der Waals surface area contributed by atoms with Crippen molar-refractivity contribution in [1.82, 2.24) is 10.6 Å². The number of nitrogens with zero attached hydrogens (tertiary/aromatic N) is 1. The second-order valence-corrected chi connectivity index (χ2v) is 9.38. The molecule has 1 aliphatic carbocycles. The quantitative estimate of drug-likeness (QED) is 0.389. The standard InChI is InChI=1S/C29H33N3O4/c33-27(28(34)20-9-11-21(12-10-20)32-17-15-30-16-18-32)13-14-31-29(35)36-19-26-24-7-3-1-5-22(24)23-6-2-4-8-25(23)26/h1-12,26-28,30,33-34H,13-19H2,(H,31,35). The normalized spacial score (nSPS) is 16.7. The first-order valence-corrected chi connectivity index (χ1v) is 12.6. The van der Waals surface area contributed by atoms with Gasteiger partial charge in [0, 0.05) is 44.3 Å². The Morgan fingerprint density at radius 1 is 0.944 bits per heavy atom. The first-order valence-electron chi connectivity index (χ1n) is 12.6. The number of carbonyl (C=O) groups excluding carboxylic acids is 1. The molecule has 188 valence electrons. The number of carbonyl (C=O) groups is 1. The molecule has 36 heavy (non-hydrogen) atoms. The van der Waals surface area contributed by atoms with Gasteiger partial charge in [0.15, 0.2) is 0 Å². The molecule has 1 heterocycles. The Balaban J connectivity index is 1.09. The molecule has 3 aromatic carbocycles. The lowest BCUT2D eigenvalue weighted by Crippen LogP contribution is -2.43. The van der Waals surface area contributed by atoms with Gasteiger partial charge in [-0.05, 0) is 46.4 Å². The molecule has 2 atom stereocenters. The van der Waals surface area contributed by atoms with Gasteiger partial charge in [0.05, 0.1) is 6.10 Å². The monoisotopic (exact) mass is 487 g/mol. The van der Waals surface area contributed by atoms with Crippen molar-refractivity contribution in [2.75, 3.05) is 44.2 Å². The number of anilines is 1. The number of alkyl carbamates (subject to hydrolysis) is 1. The van der Waals surface area contributed by atoms with Crippen LogP contribution in [0.25, 0.3) is 11.1 Å². The van der Waals surface area contributed by atoms with Gasteiger partial charge in [0.2, 0.25) is 0 Å². The summed E-state index contributed by atoms with van der Waals surface area (Å²) in [5.41, 5.74) is 6.45. The number of ether oxygens (including phenoxy) is 1. The maximum Gasteiger partial charge on any atom is 0.407 e. The fourth-order valence-corrected chi connectivity index (χ4v) is 5.16. The second-order valence-electron chi connectivity index (χ2n) is 9.38. The molecule has 2 unspecified atom stereocenters. The van der Waals surface area contributed by atoms with E-state index in [0.29, 0.717) is 5.56 Å². The van der Waals surface area contributed by atoms with Crippen LogP contribution in [0.1, 0.15) is 35.1 Å². The van der Waals surface area contributed by atoms with Crippen molar-refractivity contribution in [2.24, 2.45) is 0 Å². The van der Waals surface area contributed by atoms with Crippen LogP contribution in [0.4, 0.5) is 10.5 Å². The Kier molecular flexibility index (Phi) is 7.51. The zero-order valence-electron chi connectivity index (χ0n) is 20.3. The molecule has 4 N–H and O–H groups in total. The maximum absolute atomic E-state index is 12.3. The van der Waals surface area contributed by atoms with Gasteiger partial charge in [-0.25, -0.2) is 4.79 Å². The number of fused-ring (bicyclic) bond motifs is 3. The van der Waals surface area contributed by atoms with Gasteiger partial charge in [-0.1, -0.05) is 60.7 Å². The van der Waals surface area contributed by atoms with Gasteiger partial charge in [0.25, 0.3) is 0 Å². The van der Waals surface area contributed by atoms with E-state index in [1.54, 1.807) is 0 Å². The largest absolute Gasteiger partial charge is 0.449 e. The SMILES string of the molecule is O=C(NCCC(O)C(O)c1ccc(N2CCNCC2)cc1)OCC1c2ccccc2-c2ccccc21. The molecule has 7 nitrogen and oxygen atoms in total. The lowest BCUT2D eigenvalue weighted by atomic mass is 9.98. The number of hydrogen-bond donors (Lipinski definition) is 4. The third kappa shape index (κ3) is 5.23. The van der Waals surface area contributed by atoms with E-state index in [4.69, 9.17) is 4.74 Å². The van der Waals surface area contributed by atoms with Crippen LogP contribution in [-0.4, -0.2) is 61.7 Å². The van der Waals surface area contributed by atoms with Crippen molar-refractivity contribution in [1.29, 1.82) is 0 Å². The third-order valence-electron chi connectivity index (χ3n) is 7.13. The molecule has 0 saturated carbocycles. The van der Waals surface area contributed by atoms with Crippen LogP contribution in [0, 0.1) is 0 Å². The molecule has 0 bridgehead atoms.